The van der Waals surface area contributed by atoms with Crippen LogP contribution in [0.4, 0.5) is 11.4 Å². The Labute approximate surface area is 226 Å². The number of rotatable bonds is 9. The summed E-state index contributed by atoms with van der Waals surface area (Å²) in [6.45, 7) is 1.58. The molecule has 0 aliphatic rings. The standard InChI is InChI=1S/C28H25ClN4O4S/c1-20-6-4-8-23(16-20)33(38(36,37)24-13-11-22(29)12-14-24)19-27(34)32-26-10-3-2-9-25(26)28(35)31-18-21-7-5-15-30-17-21/h2-17H,18-19H2,1H3,(H,31,35)(H,32,34). The molecule has 4 rings (SSSR count). The molecule has 3 aromatic carbocycles. The molecule has 0 radical (unpaired) electrons. The van der Waals surface area contributed by atoms with Crippen LogP contribution in [0.1, 0.15) is 21.5 Å². The Balaban J connectivity index is 1.57. The second kappa shape index (κ2) is 11.9. The molecule has 0 atom stereocenters. The van der Waals surface area contributed by atoms with Gasteiger partial charge in [-0.2, -0.15) is 0 Å². The molecule has 2 amide bonds. The number of para-hydroxylation sites is 1. The molecule has 0 fully saturated rings. The average molecular weight is 549 g/mol. The van der Waals surface area contributed by atoms with Gasteiger partial charge < -0.3 is 10.6 Å². The van der Waals surface area contributed by atoms with Crippen LogP contribution in [-0.2, 0) is 21.4 Å². The molecule has 0 aliphatic heterocycles. The normalized spacial score (nSPS) is 11.0. The average Bonchev–Trinajstić information content (AvgIpc) is 2.91. The predicted molar refractivity (Wildman–Crippen MR) is 148 cm³/mol. The maximum Gasteiger partial charge on any atom is 0.264 e. The number of sulfonamides is 1. The summed E-state index contributed by atoms with van der Waals surface area (Å²) in [6, 6.07) is 22.7. The highest BCUT2D eigenvalue weighted by Gasteiger charge is 2.28. The first-order valence-corrected chi connectivity index (χ1v) is 13.5. The van der Waals surface area contributed by atoms with Gasteiger partial charge in [0.1, 0.15) is 6.54 Å². The molecular weight excluding hydrogens is 524 g/mol. The van der Waals surface area contributed by atoms with Crippen LogP contribution in [0, 0.1) is 6.92 Å². The van der Waals surface area contributed by atoms with Gasteiger partial charge >= 0.3 is 0 Å². The predicted octanol–water partition coefficient (Wildman–Crippen LogP) is 4.81. The van der Waals surface area contributed by atoms with Gasteiger partial charge in [0, 0.05) is 24.0 Å². The molecule has 194 valence electrons. The minimum atomic E-state index is -4.11. The molecule has 0 spiro atoms. The lowest BCUT2D eigenvalue weighted by atomic mass is 10.1. The molecule has 1 heterocycles. The van der Waals surface area contributed by atoms with E-state index in [1.165, 1.54) is 24.3 Å². The fourth-order valence-corrected chi connectivity index (χ4v) is 5.26. The topological polar surface area (TPSA) is 108 Å². The number of carbonyl (C=O) groups is 2. The number of pyridine rings is 1. The Morgan fingerprint density at radius 2 is 1.71 bits per heavy atom. The number of hydrogen-bond donors (Lipinski definition) is 2. The molecule has 8 nitrogen and oxygen atoms in total. The number of halogens is 1. The Morgan fingerprint density at radius 1 is 0.947 bits per heavy atom. The number of amides is 2. The van der Waals surface area contributed by atoms with Gasteiger partial charge in [-0.05, 0) is 72.6 Å². The maximum atomic E-state index is 13.6. The van der Waals surface area contributed by atoms with Crippen LogP contribution in [0.5, 0.6) is 0 Å². The van der Waals surface area contributed by atoms with Crippen molar-refractivity contribution in [3.05, 3.63) is 119 Å². The van der Waals surface area contributed by atoms with Crippen molar-refractivity contribution in [3.63, 3.8) is 0 Å². The first-order chi connectivity index (χ1) is 18.2. The molecule has 2 N–H and O–H groups in total. The Bertz CT molecular complexity index is 1540. The minimum Gasteiger partial charge on any atom is -0.348 e. The highest BCUT2D eigenvalue weighted by Crippen LogP contribution is 2.26. The van der Waals surface area contributed by atoms with E-state index in [9.17, 15) is 18.0 Å². The molecule has 38 heavy (non-hydrogen) atoms. The Hall–Kier alpha value is -4.21. The molecule has 0 saturated heterocycles. The molecular formula is C28H25ClN4O4S. The highest BCUT2D eigenvalue weighted by molar-refractivity contribution is 7.92. The van der Waals surface area contributed by atoms with E-state index in [1.807, 2.05) is 19.1 Å². The summed E-state index contributed by atoms with van der Waals surface area (Å²) < 4.78 is 28.2. The number of carbonyl (C=O) groups excluding carboxylic acids is 2. The largest absolute Gasteiger partial charge is 0.348 e. The molecule has 0 saturated carbocycles. The first-order valence-electron chi connectivity index (χ1n) is 11.6. The highest BCUT2D eigenvalue weighted by atomic mass is 35.5. The van der Waals surface area contributed by atoms with E-state index in [-0.39, 0.29) is 22.7 Å². The van der Waals surface area contributed by atoms with Gasteiger partial charge in [-0.15, -0.1) is 0 Å². The molecule has 4 aromatic rings. The molecule has 0 bridgehead atoms. The number of benzene rings is 3. The van der Waals surface area contributed by atoms with E-state index in [0.29, 0.717) is 10.7 Å². The number of nitrogens with zero attached hydrogens (tertiary/aromatic N) is 2. The smallest absolute Gasteiger partial charge is 0.264 e. The van der Waals surface area contributed by atoms with E-state index < -0.39 is 28.4 Å². The van der Waals surface area contributed by atoms with Gasteiger partial charge in [0.2, 0.25) is 5.91 Å². The summed E-state index contributed by atoms with van der Waals surface area (Å²) in [5.41, 5.74) is 2.48. The van der Waals surface area contributed by atoms with Gasteiger partial charge in [-0.3, -0.25) is 18.9 Å². The van der Waals surface area contributed by atoms with Crippen LogP contribution in [0.3, 0.4) is 0 Å². The van der Waals surface area contributed by atoms with E-state index in [4.69, 9.17) is 11.6 Å². The zero-order valence-electron chi connectivity index (χ0n) is 20.5. The SMILES string of the molecule is Cc1cccc(N(CC(=O)Nc2ccccc2C(=O)NCc2cccnc2)S(=O)(=O)c2ccc(Cl)cc2)c1. The number of anilines is 2. The van der Waals surface area contributed by atoms with Crippen molar-refractivity contribution in [2.75, 3.05) is 16.2 Å². The maximum absolute atomic E-state index is 13.6. The van der Waals surface area contributed by atoms with Crippen LogP contribution < -0.4 is 14.9 Å². The lowest BCUT2D eigenvalue weighted by molar-refractivity contribution is -0.114. The third-order valence-electron chi connectivity index (χ3n) is 5.60. The van der Waals surface area contributed by atoms with Gasteiger partial charge in [0.25, 0.3) is 15.9 Å². The van der Waals surface area contributed by atoms with Gasteiger partial charge in [0.05, 0.1) is 21.8 Å². The summed E-state index contributed by atoms with van der Waals surface area (Å²) in [4.78, 5) is 30.1. The number of aryl methyl sites for hydroxylation is 1. The summed E-state index contributed by atoms with van der Waals surface area (Å²) >= 11 is 5.94. The fourth-order valence-electron chi connectivity index (χ4n) is 3.72. The number of hydrogen-bond acceptors (Lipinski definition) is 5. The second-order valence-electron chi connectivity index (χ2n) is 8.44. The quantitative estimate of drug-likeness (QED) is 0.312. The third-order valence-corrected chi connectivity index (χ3v) is 7.64. The van der Waals surface area contributed by atoms with Gasteiger partial charge in [-0.1, -0.05) is 41.9 Å². The van der Waals surface area contributed by atoms with Crippen LogP contribution in [0.2, 0.25) is 5.02 Å². The van der Waals surface area contributed by atoms with Crippen molar-refractivity contribution in [3.8, 4) is 0 Å². The van der Waals surface area contributed by atoms with Gasteiger partial charge in [-0.25, -0.2) is 8.42 Å². The number of aromatic nitrogens is 1. The zero-order chi connectivity index (χ0) is 27.1. The summed E-state index contributed by atoms with van der Waals surface area (Å²) in [7, 11) is -4.11. The number of nitrogens with one attached hydrogen (secondary N) is 2. The molecule has 10 heteroatoms. The van der Waals surface area contributed by atoms with Crippen molar-refractivity contribution in [1.29, 1.82) is 0 Å². The van der Waals surface area contributed by atoms with E-state index in [2.05, 4.69) is 15.6 Å². The Morgan fingerprint density at radius 3 is 2.42 bits per heavy atom. The monoisotopic (exact) mass is 548 g/mol. The van der Waals surface area contributed by atoms with Crippen molar-refractivity contribution < 1.29 is 18.0 Å². The van der Waals surface area contributed by atoms with E-state index in [1.54, 1.807) is 60.9 Å². The Kier molecular flexibility index (Phi) is 8.40. The third kappa shape index (κ3) is 6.56. The lowest BCUT2D eigenvalue weighted by Crippen LogP contribution is -2.38. The molecule has 0 aliphatic carbocycles. The van der Waals surface area contributed by atoms with Crippen LogP contribution >= 0.6 is 11.6 Å². The second-order valence-corrected chi connectivity index (χ2v) is 10.7. The van der Waals surface area contributed by atoms with E-state index in [0.717, 1.165) is 15.4 Å². The zero-order valence-corrected chi connectivity index (χ0v) is 22.0. The van der Waals surface area contributed by atoms with Crippen molar-refractivity contribution in [2.45, 2.75) is 18.4 Å². The van der Waals surface area contributed by atoms with Crippen LogP contribution in [0.15, 0.2) is 102 Å². The van der Waals surface area contributed by atoms with E-state index >= 15 is 0 Å². The summed E-state index contributed by atoms with van der Waals surface area (Å²) in [5.74, 6) is -1.01. The van der Waals surface area contributed by atoms with Crippen molar-refractivity contribution >= 4 is 44.8 Å². The van der Waals surface area contributed by atoms with Gasteiger partial charge in [0.15, 0.2) is 0 Å². The fraction of sp³-hybridized carbons (Fsp3) is 0.107. The van der Waals surface area contributed by atoms with Crippen LogP contribution in [0.25, 0.3) is 0 Å². The summed E-state index contributed by atoms with van der Waals surface area (Å²) in [6.07, 6.45) is 3.29. The van der Waals surface area contributed by atoms with Crippen LogP contribution in [-0.4, -0.2) is 31.8 Å². The molecule has 1 aromatic heterocycles. The van der Waals surface area contributed by atoms with Crippen molar-refractivity contribution in [2.24, 2.45) is 0 Å². The van der Waals surface area contributed by atoms with Crippen molar-refractivity contribution in [1.82, 2.24) is 10.3 Å². The molecule has 0 unspecified atom stereocenters. The lowest BCUT2D eigenvalue weighted by Gasteiger charge is -2.24. The first kappa shape index (κ1) is 26.8. The summed E-state index contributed by atoms with van der Waals surface area (Å²) in [5, 5.41) is 5.89. The minimum absolute atomic E-state index is 0.00798.